The number of amides is 1. The molecule has 2 aliphatic rings. The quantitative estimate of drug-likeness (QED) is 0.737. The molecule has 1 fully saturated rings. The fraction of sp³-hybridized carbons (Fsp3) is 0.444. The minimum absolute atomic E-state index is 0.108. The third-order valence-electron chi connectivity index (χ3n) is 5.69. The fourth-order valence-electron chi connectivity index (χ4n) is 4.46. The molecule has 3 heterocycles. The number of hydrogen-bond donors (Lipinski definition) is 1. The Morgan fingerprint density at radius 3 is 3.16 bits per heavy atom. The first-order chi connectivity index (χ1) is 12.2. The first-order valence-electron chi connectivity index (χ1n) is 8.85. The Bertz CT molecular complexity index is 958. The molecular formula is C18H20N6O. The number of likely N-dealkylation sites (tertiary alicyclic amines) is 1. The Morgan fingerprint density at radius 1 is 1.32 bits per heavy atom. The van der Waals surface area contributed by atoms with E-state index in [9.17, 15) is 4.79 Å². The number of H-pyrrole nitrogens is 1. The third kappa shape index (κ3) is 2.18. The van der Waals surface area contributed by atoms with Crippen LogP contribution in [0.4, 0.5) is 0 Å². The van der Waals surface area contributed by atoms with Crippen LogP contribution in [0.1, 0.15) is 46.9 Å². The van der Waals surface area contributed by atoms with Crippen molar-refractivity contribution in [2.45, 2.75) is 37.6 Å². The number of carbonyl (C=O) groups excluding carboxylic acids is 1. The number of aryl methyl sites for hydroxylation is 2. The molecule has 1 N–H and O–H groups in total. The number of carbonyl (C=O) groups is 1. The van der Waals surface area contributed by atoms with Gasteiger partial charge in [0.1, 0.15) is 5.52 Å². The van der Waals surface area contributed by atoms with Crippen LogP contribution in [0.3, 0.4) is 0 Å². The second-order valence-corrected chi connectivity index (χ2v) is 7.04. The molecule has 7 heteroatoms. The summed E-state index contributed by atoms with van der Waals surface area (Å²) in [6.07, 6.45) is 5.88. The molecule has 1 amide bonds. The monoisotopic (exact) mass is 336 g/mol. The van der Waals surface area contributed by atoms with Gasteiger partial charge in [0.25, 0.3) is 5.91 Å². The summed E-state index contributed by atoms with van der Waals surface area (Å²) in [4.78, 5) is 23.1. The first kappa shape index (κ1) is 14.6. The largest absolute Gasteiger partial charge is 0.348 e. The first-order valence-corrected chi connectivity index (χ1v) is 8.85. The summed E-state index contributed by atoms with van der Waals surface area (Å²) in [7, 11) is 1.85. The molecule has 0 saturated carbocycles. The summed E-state index contributed by atoms with van der Waals surface area (Å²) in [5.41, 5.74) is 4.83. The van der Waals surface area contributed by atoms with E-state index in [1.807, 2.05) is 25.2 Å². The van der Waals surface area contributed by atoms with Crippen LogP contribution in [0.25, 0.3) is 11.0 Å². The van der Waals surface area contributed by atoms with E-state index in [-0.39, 0.29) is 11.9 Å². The van der Waals surface area contributed by atoms with E-state index in [1.54, 1.807) is 11.0 Å². The van der Waals surface area contributed by atoms with Crippen LogP contribution in [0.15, 0.2) is 24.5 Å². The van der Waals surface area contributed by atoms with Gasteiger partial charge in [-0.2, -0.15) is 0 Å². The second-order valence-electron chi connectivity index (χ2n) is 7.04. The summed E-state index contributed by atoms with van der Waals surface area (Å²) in [6.45, 7) is 0.821. The van der Waals surface area contributed by atoms with Crippen molar-refractivity contribution in [2.24, 2.45) is 7.05 Å². The van der Waals surface area contributed by atoms with Crippen LogP contribution < -0.4 is 0 Å². The van der Waals surface area contributed by atoms with Crippen molar-refractivity contribution in [3.63, 3.8) is 0 Å². The molecule has 7 nitrogen and oxygen atoms in total. The third-order valence-corrected chi connectivity index (χ3v) is 5.69. The van der Waals surface area contributed by atoms with Crippen LogP contribution in [-0.2, 0) is 13.5 Å². The van der Waals surface area contributed by atoms with Crippen molar-refractivity contribution in [1.29, 1.82) is 0 Å². The Balaban J connectivity index is 1.49. The summed E-state index contributed by atoms with van der Waals surface area (Å²) < 4.78 is 1.71. The maximum atomic E-state index is 13.2. The topological polar surface area (TPSA) is 79.7 Å². The molecule has 2 unspecified atom stereocenters. The predicted molar refractivity (Wildman–Crippen MR) is 92.2 cm³/mol. The van der Waals surface area contributed by atoms with Gasteiger partial charge in [0.05, 0.1) is 17.5 Å². The van der Waals surface area contributed by atoms with Crippen molar-refractivity contribution in [2.75, 3.05) is 6.54 Å². The summed E-state index contributed by atoms with van der Waals surface area (Å²) in [5, 5.41) is 8.12. The van der Waals surface area contributed by atoms with Gasteiger partial charge in [-0.3, -0.25) is 4.79 Å². The van der Waals surface area contributed by atoms with E-state index in [1.165, 1.54) is 11.4 Å². The van der Waals surface area contributed by atoms with Gasteiger partial charge in [-0.25, -0.2) is 9.67 Å². The SMILES string of the molecule is Cn1nnc2ccc(C(=O)N3CCCC4c5nc[nH]c5CCC43)cc21. The highest BCUT2D eigenvalue weighted by Crippen LogP contribution is 2.39. The van der Waals surface area contributed by atoms with Crippen LogP contribution in [0.2, 0.25) is 0 Å². The van der Waals surface area contributed by atoms with Crippen LogP contribution in [0.5, 0.6) is 0 Å². The summed E-state index contributed by atoms with van der Waals surface area (Å²) in [6, 6.07) is 5.90. The Kier molecular flexibility index (Phi) is 3.16. The summed E-state index contributed by atoms with van der Waals surface area (Å²) >= 11 is 0. The maximum absolute atomic E-state index is 13.2. The minimum Gasteiger partial charge on any atom is -0.348 e. The van der Waals surface area contributed by atoms with Crippen molar-refractivity contribution in [3.05, 3.63) is 41.5 Å². The highest BCUT2D eigenvalue weighted by molar-refractivity contribution is 5.97. The number of piperidine rings is 1. The number of imidazole rings is 1. The van der Waals surface area contributed by atoms with Gasteiger partial charge in [-0.05, 0) is 43.9 Å². The molecule has 0 spiro atoms. The lowest BCUT2D eigenvalue weighted by Gasteiger charge is -2.43. The molecule has 1 saturated heterocycles. The van der Waals surface area contributed by atoms with Gasteiger partial charge in [-0.15, -0.1) is 5.10 Å². The van der Waals surface area contributed by atoms with Crippen molar-refractivity contribution in [1.82, 2.24) is 29.9 Å². The lowest BCUT2D eigenvalue weighted by Crippen LogP contribution is -2.49. The van der Waals surface area contributed by atoms with Crippen LogP contribution in [-0.4, -0.2) is 48.4 Å². The van der Waals surface area contributed by atoms with Gasteiger partial charge < -0.3 is 9.88 Å². The highest BCUT2D eigenvalue weighted by atomic mass is 16.2. The standard InChI is InChI=1S/C18H20N6O/c1-23-16-9-11(4-5-13(16)21-22-23)18(25)24-8-2-3-12-15(24)7-6-14-17(12)20-10-19-14/h4-5,9-10,12,15H,2-3,6-8H2,1H3,(H,19,20). The van der Waals surface area contributed by atoms with E-state index in [2.05, 4.69) is 25.2 Å². The van der Waals surface area contributed by atoms with Gasteiger partial charge in [-0.1, -0.05) is 5.21 Å². The maximum Gasteiger partial charge on any atom is 0.254 e. The minimum atomic E-state index is 0.108. The zero-order valence-electron chi connectivity index (χ0n) is 14.1. The normalized spacial score (nSPS) is 22.7. The van der Waals surface area contributed by atoms with Gasteiger partial charge >= 0.3 is 0 Å². The molecule has 25 heavy (non-hydrogen) atoms. The highest BCUT2D eigenvalue weighted by Gasteiger charge is 2.40. The van der Waals surface area contributed by atoms with E-state index < -0.39 is 0 Å². The molecule has 2 atom stereocenters. The molecule has 1 aromatic carbocycles. The number of aromatic amines is 1. The predicted octanol–water partition coefficient (Wildman–Crippen LogP) is 2.03. The number of nitrogens with zero attached hydrogens (tertiary/aromatic N) is 5. The van der Waals surface area contributed by atoms with E-state index >= 15 is 0 Å². The lowest BCUT2D eigenvalue weighted by atomic mass is 9.78. The van der Waals surface area contributed by atoms with E-state index in [0.29, 0.717) is 11.5 Å². The molecule has 3 aromatic rings. The van der Waals surface area contributed by atoms with E-state index in [0.717, 1.165) is 43.3 Å². The molecule has 0 bridgehead atoms. The van der Waals surface area contributed by atoms with Gasteiger partial charge in [0.15, 0.2) is 0 Å². The smallest absolute Gasteiger partial charge is 0.254 e. The Morgan fingerprint density at radius 2 is 2.24 bits per heavy atom. The zero-order chi connectivity index (χ0) is 17.0. The number of hydrogen-bond acceptors (Lipinski definition) is 4. The van der Waals surface area contributed by atoms with Gasteiger partial charge in [0, 0.05) is 36.8 Å². The van der Waals surface area contributed by atoms with Crippen molar-refractivity contribution >= 4 is 16.9 Å². The van der Waals surface area contributed by atoms with Crippen molar-refractivity contribution < 1.29 is 4.79 Å². The average Bonchev–Trinajstić information content (AvgIpc) is 3.27. The van der Waals surface area contributed by atoms with E-state index in [4.69, 9.17) is 0 Å². The number of fused-ring (bicyclic) bond motifs is 4. The van der Waals surface area contributed by atoms with Crippen LogP contribution >= 0.6 is 0 Å². The van der Waals surface area contributed by atoms with Crippen LogP contribution in [0, 0.1) is 0 Å². The number of aromatic nitrogens is 5. The number of nitrogens with one attached hydrogen (secondary N) is 1. The second kappa shape index (κ2) is 5.40. The molecule has 128 valence electrons. The summed E-state index contributed by atoms with van der Waals surface area (Å²) in [5.74, 6) is 0.464. The molecule has 1 aliphatic heterocycles. The zero-order valence-corrected chi connectivity index (χ0v) is 14.1. The molecule has 0 radical (unpaired) electrons. The molecule has 2 aromatic heterocycles. The number of rotatable bonds is 1. The fourth-order valence-corrected chi connectivity index (χ4v) is 4.46. The average molecular weight is 336 g/mol. The number of benzene rings is 1. The Hall–Kier alpha value is -2.70. The van der Waals surface area contributed by atoms with Crippen molar-refractivity contribution in [3.8, 4) is 0 Å². The molecule has 1 aliphatic carbocycles. The molecule has 5 rings (SSSR count). The van der Waals surface area contributed by atoms with Gasteiger partial charge in [0.2, 0.25) is 0 Å². The Labute approximate surface area is 145 Å². The molecular weight excluding hydrogens is 316 g/mol. The lowest BCUT2D eigenvalue weighted by molar-refractivity contribution is 0.0543.